The van der Waals surface area contributed by atoms with E-state index < -0.39 is 36.8 Å². The highest BCUT2D eigenvalue weighted by Gasteiger charge is 2.46. The summed E-state index contributed by atoms with van der Waals surface area (Å²) in [6.07, 6.45) is 7.92. The Morgan fingerprint density at radius 3 is 2.23 bits per heavy atom. The lowest BCUT2D eigenvalue weighted by Crippen LogP contribution is -2.54. The van der Waals surface area contributed by atoms with Gasteiger partial charge in [0.25, 0.3) is 11.8 Å². The number of hydrogen-bond acceptors (Lipinski definition) is 14. The van der Waals surface area contributed by atoms with Crippen molar-refractivity contribution in [2.24, 2.45) is 24.8 Å². The van der Waals surface area contributed by atoms with E-state index >= 15 is 0 Å². The number of aromatic nitrogens is 4. The second-order valence-electron chi connectivity index (χ2n) is 20.3. The van der Waals surface area contributed by atoms with E-state index in [1.807, 2.05) is 78.7 Å². The number of benzene rings is 4. The normalized spacial score (nSPS) is 20.4. The predicted octanol–water partition coefficient (Wildman–Crippen LogP) is 7.74. The second-order valence-corrected chi connectivity index (χ2v) is 24.4. The first-order valence-corrected chi connectivity index (χ1v) is 28.2. The highest BCUT2D eigenvalue weighted by atomic mass is 79.9. The zero-order chi connectivity index (χ0) is 50.7. The first-order valence-electron chi connectivity index (χ1n) is 24.8. The minimum absolute atomic E-state index is 0.0889. The maximum absolute atomic E-state index is 13.7. The third-order valence-corrected chi connectivity index (χ3v) is 17.2. The van der Waals surface area contributed by atoms with Crippen LogP contribution in [0.25, 0.3) is 22.3 Å². The Balaban J connectivity index is 0.740. The van der Waals surface area contributed by atoms with E-state index in [4.69, 9.17) is 9.72 Å². The zero-order valence-electron chi connectivity index (χ0n) is 41.2. The molecule has 4 fully saturated rings. The highest BCUT2D eigenvalue weighted by molar-refractivity contribution is 9.10. The number of piperidine rings is 2. The molecular formula is C54H57BrN11O6P. The number of imide groups is 2. The van der Waals surface area contributed by atoms with E-state index in [9.17, 15) is 23.7 Å². The van der Waals surface area contributed by atoms with Gasteiger partial charge in [-0.2, -0.15) is 10.1 Å². The number of amides is 4. The van der Waals surface area contributed by atoms with Crippen molar-refractivity contribution in [2.75, 3.05) is 86.7 Å². The minimum atomic E-state index is -2.71. The molecule has 73 heavy (non-hydrogen) atoms. The molecule has 4 aromatic carbocycles. The molecule has 0 saturated carbocycles. The lowest BCUT2D eigenvalue weighted by Gasteiger charge is -2.36. The molecule has 2 aromatic heterocycles. The zero-order valence-corrected chi connectivity index (χ0v) is 43.7. The summed E-state index contributed by atoms with van der Waals surface area (Å²) in [5, 5.41) is 14.4. The van der Waals surface area contributed by atoms with Crippen LogP contribution in [0.2, 0.25) is 0 Å². The molecule has 0 radical (unpaired) electrons. The highest BCUT2D eigenvalue weighted by Crippen LogP contribution is 2.44. The van der Waals surface area contributed by atoms with Gasteiger partial charge in [0.15, 0.2) is 0 Å². The monoisotopic (exact) mass is 1070 g/mol. The van der Waals surface area contributed by atoms with Crippen molar-refractivity contribution in [3.63, 3.8) is 0 Å². The molecule has 19 heteroatoms. The van der Waals surface area contributed by atoms with Crippen LogP contribution in [-0.4, -0.2) is 125 Å². The standard InChI is InChI=1S/C54H57BrN11O6P/c1-62-27-35(24-57-62)40-22-44(59-54-56-25-42(55)50(61-54)58-43-13-10-34(20-48(43)73(3,4)71)33-8-6-5-7-9-33)47(72-2)23-46(40)64-18-16-32(17-19-64)26-63-28-36-30-65(31-37(36)29-63)38-11-12-39-41(21-38)53(70)66(52(39)69)45-14-15-49(67)60-51(45)68/h5-13,20-25,27,32,36-37,45H,14-19,26,28-31H2,1-4H3,(H,60,67,68)(H2,56,58,59,61). The summed E-state index contributed by atoms with van der Waals surface area (Å²) >= 11 is 3.64. The molecule has 5 aliphatic heterocycles. The molecule has 376 valence electrons. The summed E-state index contributed by atoms with van der Waals surface area (Å²) in [7, 11) is 0.873. The van der Waals surface area contributed by atoms with Crippen molar-refractivity contribution < 1.29 is 28.5 Å². The number of carbonyl (C=O) groups is 4. The molecule has 0 aliphatic carbocycles. The molecule has 6 aromatic rings. The summed E-state index contributed by atoms with van der Waals surface area (Å²) in [6, 6.07) is 24.6. The molecule has 4 saturated heterocycles. The van der Waals surface area contributed by atoms with Crippen LogP contribution in [0.4, 0.5) is 34.5 Å². The number of fused-ring (bicyclic) bond motifs is 2. The van der Waals surface area contributed by atoms with Gasteiger partial charge in [-0.3, -0.25) is 34.1 Å². The van der Waals surface area contributed by atoms with Crippen molar-refractivity contribution >= 4 is 86.5 Å². The number of anilines is 6. The summed E-state index contributed by atoms with van der Waals surface area (Å²) < 4.78 is 22.2. The van der Waals surface area contributed by atoms with E-state index in [0.717, 1.165) is 102 Å². The second kappa shape index (κ2) is 19.5. The molecule has 4 amide bonds. The van der Waals surface area contributed by atoms with Gasteiger partial charge in [-0.05, 0) is 114 Å². The van der Waals surface area contributed by atoms with Crippen LogP contribution >= 0.6 is 23.1 Å². The number of methoxy groups -OCH3 is 1. The SMILES string of the molecule is COc1cc(N2CCC(CN3CC4CN(c5ccc6c(c5)C(=O)N(C5CCC(=O)NC5=O)C6=O)CC4C3)CC2)c(-c2cnn(C)c2)cc1Nc1ncc(Br)c(Nc2ccc(-c3ccccc3)cc2P(C)(C)=O)n1. The van der Waals surface area contributed by atoms with E-state index in [1.165, 1.54) is 0 Å². The maximum Gasteiger partial charge on any atom is 0.262 e. The van der Waals surface area contributed by atoms with Gasteiger partial charge in [-0.15, -0.1) is 0 Å². The van der Waals surface area contributed by atoms with Crippen molar-refractivity contribution in [2.45, 2.75) is 31.7 Å². The Labute approximate surface area is 432 Å². The fourth-order valence-corrected chi connectivity index (χ4v) is 12.8. The van der Waals surface area contributed by atoms with Crippen molar-refractivity contribution in [1.82, 2.24) is 34.9 Å². The Morgan fingerprint density at radius 2 is 1.53 bits per heavy atom. The topological polar surface area (TPSA) is 187 Å². The number of hydrogen-bond donors (Lipinski definition) is 3. The molecule has 7 heterocycles. The van der Waals surface area contributed by atoms with Gasteiger partial charge in [-0.25, -0.2) is 4.98 Å². The molecule has 3 N–H and O–H groups in total. The number of halogens is 1. The van der Waals surface area contributed by atoms with Gasteiger partial charge in [0.2, 0.25) is 17.8 Å². The molecule has 0 spiro atoms. The van der Waals surface area contributed by atoms with E-state index in [0.29, 0.717) is 62.2 Å². The third-order valence-electron chi connectivity index (χ3n) is 15.1. The Morgan fingerprint density at radius 1 is 0.781 bits per heavy atom. The molecule has 11 rings (SSSR count). The van der Waals surface area contributed by atoms with Crippen molar-refractivity contribution in [3.8, 4) is 28.0 Å². The average Bonchev–Trinajstić information content (AvgIpc) is 4.15. The summed E-state index contributed by atoms with van der Waals surface area (Å²) in [5.41, 5.74) is 8.02. The van der Waals surface area contributed by atoms with Gasteiger partial charge in [-0.1, -0.05) is 36.4 Å². The molecule has 3 unspecified atom stereocenters. The van der Waals surface area contributed by atoms with Crippen molar-refractivity contribution in [3.05, 3.63) is 113 Å². The van der Waals surface area contributed by atoms with E-state index in [1.54, 1.807) is 38.8 Å². The van der Waals surface area contributed by atoms with Crippen LogP contribution in [0.5, 0.6) is 5.75 Å². The Bertz CT molecular complexity index is 3210. The van der Waals surface area contributed by atoms with Gasteiger partial charge >= 0.3 is 0 Å². The quantitative estimate of drug-likeness (QED) is 0.0753. The number of carbonyl (C=O) groups excluding carboxylic acids is 4. The number of nitrogens with zero attached hydrogens (tertiary/aromatic N) is 8. The van der Waals surface area contributed by atoms with E-state index in [-0.39, 0.29) is 12.8 Å². The Hall–Kier alpha value is -6.88. The van der Waals surface area contributed by atoms with Crippen molar-refractivity contribution in [1.29, 1.82) is 0 Å². The van der Waals surface area contributed by atoms with E-state index in [2.05, 4.69) is 68.8 Å². The van der Waals surface area contributed by atoms with Crippen LogP contribution in [0, 0.1) is 17.8 Å². The molecule has 3 atom stereocenters. The fraction of sp³-hybridized carbons (Fsp3) is 0.352. The number of likely N-dealkylation sites (tertiary alicyclic amines) is 1. The average molecular weight is 1070 g/mol. The fourth-order valence-electron chi connectivity index (χ4n) is 11.4. The van der Waals surface area contributed by atoms with Gasteiger partial charge < -0.3 is 34.6 Å². The maximum atomic E-state index is 13.7. The predicted molar refractivity (Wildman–Crippen MR) is 286 cm³/mol. The molecule has 17 nitrogen and oxygen atoms in total. The third kappa shape index (κ3) is 9.63. The van der Waals surface area contributed by atoms with Gasteiger partial charge in [0.05, 0.1) is 40.3 Å². The summed E-state index contributed by atoms with van der Waals surface area (Å²) in [4.78, 5) is 69.1. The van der Waals surface area contributed by atoms with Crippen LogP contribution in [0.1, 0.15) is 46.4 Å². The number of ether oxygens (including phenoxy) is 1. The van der Waals surface area contributed by atoms with Crippen LogP contribution in [0.3, 0.4) is 0 Å². The first-order chi connectivity index (χ1) is 35.2. The largest absolute Gasteiger partial charge is 0.494 e. The van der Waals surface area contributed by atoms with Crippen LogP contribution in [-0.2, 0) is 21.2 Å². The Kier molecular flexibility index (Phi) is 12.9. The van der Waals surface area contributed by atoms with Crippen LogP contribution in [0.15, 0.2) is 102 Å². The van der Waals surface area contributed by atoms with Gasteiger partial charge in [0.1, 0.15) is 24.8 Å². The van der Waals surface area contributed by atoms with Gasteiger partial charge in [0, 0.05) is 106 Å². The lowest BCUT2D eigenvalue weighted by molar-refractivity contribution is -0.136. The number of rotatable bonds is 13. The minimum Gasteiger partial charge on any atom is -0.494 e. The lowest BCUT2D eigenvalue weighted by atomic mass is 9.94. The summed E-state index contributed by atoms with van der Waals surface area (Å²) in [5.74, 6) is 1.11. The number of aryl methyl sites for hydroxylation is 1. The van der Waals surface area contributed by atoms with Crippen LogP contribution < -0.4 is 35.8 Å². The molecule has 0 bridgehead atoms. The number of nitrogens with one attached hydrogen (secondary N) is 3. The smallest absolute Gasteiger partial charge is 0.262 e. The molecule has 5 aliphatic rings. The summed E-state index contributed by atoms with van der Waals surface area (Å²) in [6.45, 7) is 10.2. The first kappa shape index (κ1) is 48.4. The molecular weight excluding hydrogens is 1010 g/mol.